The lowest BCUT2D eigenvalue weighted by Gasteiger charge is -2.15. The van der Waals surface area contributed by atoms with Crippen molar-refractivity contribution >= 4 is 39.8 Å². The number of rotatable bonds is 5. The van der Waals surface area contributed by atoms with Gasteiger partial charge in [-0.15, -0.1) is 0 Å². The first kappa shape index (κ1) is 19.8. The first-order chi connectivity index (χ1) is 14.0. The second-order valence-electron chi connectivity index (χ2n) is 5.94. The minimum absolute atomic E-state index is 0.0596. The monoisotopic (exact) mass is 407 g/mol. The van der Waals surface area contributed by atoms with Crippen LogP contribution in [0.5, 0.6) is 5.75 Å². The Labute approximate surface area is 170 Å². The Kier molecular flexibility index (Phi) is 5.69. The summed E-state index contributed by atoms with van der Waals surface area (Å²) in [7, 11) is 1.52. The van der Waals surface area contributed by atoms with Crippen LogP contribution < -0.4 is 15.8 Å². The van der Waals surface area contributed by atoms with Gasteiger partial charge in [0.15, 0.2) is 0 Å². The van der Waals surface area contributed by atoms with Gasteiger partial charge in [-0.1, -0.05) is 17.7 Å². The van der Waals surface area contributed by atoms with Gasteiger partial charge >= 0.3 is 0 Å². The number of nitrogen functional groups attached to an aromatic ring is 1. The van der Waals surface area contributed by atoms with E-state index in [0.717, 1.165) is 5.56 Å². The number of nitrogens with one attached hydrogen (secondary N) is 1. The average Bonchev–Trinajstić information content (AvgIpc) is 2.72. The second-order valence-corrected chi connectivity index (χ2v) is 6.34. The number of nitriles is 1. The Hall–Kier alpha value is -3.99. The van der Waals surface area contributed by atoms with Crippen LogP contribution in [0, 0.1) is 11.3 Å². The SMILES string of the molecule is COc1ccc(CNc2c(C(=O)N=[N+]=[N-])cnc3c(N)cc(C#N)cc23)cc1Cl. The zero-order valence-electron chi connectivity index (χ0n) is 15.2. The van der Waals surface area contributed by atoms with Gasteiger partial charge in [-0.2, -0.15) is 5.26 Å². The van der Waals surface area contributed by atoms with E-state index in [1.165, 1.54) is 19.4 Å². The highest BCUT2D eigenvalue weighted by Gasteiger charge is 2.17. The maximum atomic E-state index is 12.3. The molecule has 3 aromatic rings. The number of carbonyl (C=O) groups excluding carboxylic acids is 1. The van der Waals surface area contributed by atoms with Crippen LogP contribution in [0.1, 0.15) is 21.5 Å². The van der Waals surface area contributed by atoms with Gasteiger partial charge < -0.3 is 15.8 Å². The number of anilines is 2. The van der Waals surface area contributed by atoms with Crippen LogP contribution in [-0.2, 0) is 6.54 Å². The number of halogens is 1. The lowest BCUT2D eigenvalue weighted by molar-refractivity contribution is 0.100. The number of benzene rings is 2. The molecule has 0 saturated heterocycles. The highest BCUT2D eigenvalue weighted by molar-refractivity contribution is 6.32. The van der Waals surface area contributed by atoms with Crippen molar-refractivity contribution in [1.82, 2.24) is 4.98 Å². The highest BCUT2D eigenvalue weighted by Crippen LogP contribution is 2.32. The smallest absolute Gasteiger partial charge is 0.252 e. The summed E-state index contributed by atoms with van der Waals surface area (Å²) in [4.78, 5) is 19.0. The van der Waals surface area contributed by atoms with E-state index in [1.54, 1.807) is 18.2 Å². The number of aromatic nitrogens is 1. The summed E-state index contributed by atoms with van der Waals surface area (Å²) in [5.74, 6) is -0.270. The molecule has 2 aromatic carbocycles. The minimum Gasteiger partial charge on any atom is -0.495 e. The number of pyridine rings is 1. The Morgan fingerprint density at radius 1 is 1.45 bits per heavy atom. The Balaban J connectivity index is 2.11. The van der Waals surface area contributed by atoms with Crippen molar-refractivity contribution in [2.75, 3.05) is 18.2 Å². The van der Waals surface area contributed by atoms with Crippen LogP contribution in [0.2, 0.25) is 5.02 Å². The third kappa shape index (κ3) is 3.99. The molecular formula is C19H14ClN7O2. The van der Waals surface area contributed by atoms with Gasteiger partial charge in [0, 0.05) is 23.0 Å². The number of nitrogens with two attached hydrogens (primary N) is 1. The van der Waals surface area contributed by atoms with Crippen molar-refractivity contribution in [3.63, 3.8) is 0 Å². The Morgan fingerprint density at radius 3 is 2.90 bits per heavy atom. The normalized spacial score (nSPS) is 10.1. The summed E-state index contributed by atoms with van der Waals surface area (Å²) in [5.41, 5.74) is 16.9. The van der Waals surface area contributed by atoms with Crippen molar-refractivity contribution in [1.29, 1.82) is 5.26 Å². The zero-order valence-corrected chi connectivity index (χ0v) is 15.9. The number of nitrogens with zero attached hydrogens (tertiary/aromatic N) is 5. The molecule has 144 valence electrons. The fourth-order valence-corrected chi connectivity index (χ4v) is 3.13. The molecule has 0 radical (unpaired) electrons. The molecule has 0 aliphatic rings. The summed E-state index contributed by atoms with van der Waals surface area (Å²) in [6, 6.07) is 10.3. The number of azide groups is 1. The van der Waals surface area contributed by atoms with Crippen molar-refractivity contribution in [3.8, 4) is 11.8 Å². The van der Waals surface area contributed by atoms with E-state index in [-0.39, 0.29) is 17.8 Å². The maximum Gasteiger partial charge on any atom is 0.252 e. The van der Waals surface area contributed by atoms with E-state index in [1.807, 2.05) is 12.1 Å². The molecular weight excluding hydrogens is 394 g/mol. The molecule has 0 spiro atoms. The number of carbonyl (C=O) groups is 1. The van der Waals surface area contributed by atoms with Crippen LogP contribution in [0.3, 0.4) is 0 Å². The van der Waals surface area contributed by atoms with Crippen LogP contribution in [0.25, 0.3) is 21.3 Å². The van der Waals surface area contributed by atoms with Gasteiger partial charge in [0.25, 0.3) is 5.91 Å². The molecule has 1 amide bonds. The van der Waals surface area contributed by atoms with Crippen LogP contribution in [0.4, 0.5) is 11.4 Å². The topological polar surface area (TPSA) is 150 Å². The number of hydrogen-bond donors (Lipinski definition) is 2. The van der Waals surface area contributed by atoms with Crippen LogP contribution in [0.15, 0.2) is 41.6 Å². The van der Waals surface area contributed by atoms with Crippen molar-refractivity contribution in [2.24, 2.45) is 5.11 Å². The number of fused-ring (bicyclic) bond motifs is 1. The molecule has 29 heavy (non-hydrogen) atoms. The van der Waals surface area contributed by atoms with Gasteiger partial charge in [0.2, 0.25) is 0 Å². The molecule has 0 aliphatic heterocycles. The maximum absolute atomic E-state index is 12.3. The summed E-state index contributed by atoms with van der Waals surface area (Å²) in [6.45, 7) is 0.288. The number of methoxy groups -OCH3 is 1. The number of hydrogen-bond acceptors (Lipinski definition) is 6. The van der Waals surface area contributed by atoms with Crippen molar-refractivity contribution in [3.05, 3.63) is 68.7 Å². The molecule has 9 nitrogen and oxygen atoms in total. The van der Waals surface area contributed by atoms with Gasteiger partial charge in [0.05, 0.1) is 46.2 Å². The average molecular weight is 408 g/mol. The third-order valence-corrected chi connectivity index (χ3v) is 4.48. The van der Waals surface area contributed by atoms with E-state index in [0.29, 0.717) is 32.9 Å². The first-order valence-electron chi connectivity index (χ1n) is 8.26. The summed E-state index contributed by atoms with van der Waals surface area (Å²) < 4.78 is 5.14. The van der Waals surface area contributed by atoms with Crippen LogP contribution >= 0.6 is 11.6 Å². The molecule has 1 heterocycles. The molecule has 0 saturated carbocycles. The predicted molar refractivity (Wildman–Crippen MR) is 110 cm³/mol. The Morgan fingerprint density at radius 2 is 2.24 bits per heavy atom. The zero-order chi connectivity index (χ0) is 21.0. The van der Waals surface area contributed by atoms with Crippen LogP contribution in [-0.4, -0.2) is 18.0 Å². The summed E-state index contributed by atoms with van der Waals surface area (Å²) >= 11 is 6.17. The Bertz CT molecular complexity index is 1210. The van der Waals surface area contributed by atoms with Gasteiger partial charge in [-0.3, -0.25) is 9.78 Å². The fraction of sp³-hybridized carbons (Fsp3) is 0.105. The van der Waals surface area contributed by atoms with E-state index < -0.39 is 5.91 Å². The third-order valence-electron chi connectivity index (χ3n) is 4.18. The first-order valence-corrected chi connectivity index (χ1v) is 8.64. The molecule has 0 atom stereocenters. The summed E-state index contributed by atoms with van der Waals surface area (Å²) in [5, 5.41) is 16.4. The standard InChI is InChI=1S/C19H14ClN7O2/c1-29-16-3-2-10(5-14(16)20)8-24-17-12-4-11(7-21)6-15(22)18(12)25-9-13(17)19(28)26-27-23/h2-6,9H,8,22H2,1H3,(H,24,25). The molecule has 0 bridgehead atoms. The lowest BCUT2D eigenvalue weighted by atomic mass is 10.0. The molecule has 0 aliphatic carbocycles. The molecule has 0 unspecified atom stereocenters. The number of ether oxygens (including phenoxy) is 1. The fourth-order valence-electron chi connectivity index (χ4n) is 2.85. The van der Waals surface area contributed by atoms with E-state index in [9.17, 15) is 10.1 Å². The van der Waals surface area contributed by atoms with Gasteiger partial charge in [0.1, 0.15) is 5.75 Å². The molecule has 10 heteroatoms. The van der Waals surface area contributed by atoms with E-state index in [2.05, 4.69) is 20.3 Å². The van der Waals surface area contributed by atoms with E-state index >= 15 is 0 Å². The second kappa shape index (κ2) is 8.35. The summed E-state index contributed by atoms with van der Waals surface area (Å²) in [6.07, 6.45) is 1.28. The molecule has 1 aromatic heterocycles. The van der Waals surface area contributed by atoms with Crippen molar-refractivity contribution in [2.45, 2.75) is 6.54 Å². The lowest BCUT2D eigenvalue weighted by Crippen LogP contribution is -2.08. The van der Waals surface area contributed by atoms with E-state index in [4.69, 9.17) is 27.6 Å². The minimum atomic E-state index is -0.807. The molecule has 3 N–H and O–H groups in total. The molecule has 0 fully saturated rings. The molecule has 3 rings (SSSR count). The highest BCUT2D eigenvalue weighted by atomic mass is 35.5. The number of amides is 1. The largest absolute Gasteiger partial charge is 0.495 e. The van der Waals surface area contributed by atoms with Gasteiger partial charge in [-0.25, -0.2) is 0 Å². The van der Waals surface area contributed by atoms with Crippen molar-refractivity contribution < 1.29 is 9.53 Å². The predicted octanol–water partition coefficient (Wildman–Crippen LogP) is 4.41. The quantitative estimate of drug-likeness (QED) is 0.276. The van der Waals surface area contributed by atoms with Gasteiger partial charge in [-0.05, 0) is 40.5 Å².